The molecule has 1 atom stereocenters. The van der Waals surface area contributed by atoms with Crippen LogP contribution in [-0.2, 0) is 10.0 Å². The Hall–Kier alpha value is -1.76. The summed E-state index contributed by atoms with van der Waals surface area (Å²) in [5.74, 6) is 1.35. The highest BCUT2D eigenvalue weighted by molar-refractivity contribution is 7.89. The van der Waals surface area contributed by atoms with Crippen LogP contribution in [0.3, 0.4) is 0 Å². The van der Waals surface area contributed by atoms with Crippen LogP contribution in [0.4, 0.5) is 0 Å². The Balaban J connectivity index is 1.93. The molecule has 3 rings (SSSR count). The zero-order valence-electron chi connectivity index (χ0n) is 14.7. The van der Waals surface area contributed by atoms with Crippen LogP contribution in [0.15, 0.2) is 47.4 Å². The van der Waals surface area contributed by atoms with E-state index in [1.165, 1.54) is 6.07 Å². The number of benzene rings is 2. The molecule has 0 bridgehead atoms. The number of sulfonamides is 1. The van der Waals surface area contributed by atoms with Gasteiger partial charge in [-0.25, -0.2) is 13.1 Å². The van der Waals surface area contributed by atoms with Gasteiger partial charge in [0.05, 0.1) is 18.2 Å². The summed E-state index contributed by atoms with van der Waals surface area (Å²) >= 11 is 6.08. The number of hydrogen-bond donors (Lipinski definition) is 1. The second kappa shape index (κ2) is 7.86. The lowest BCUT2D eigenvalue weighted by Crippen LogP contribution is -2.32. The lowest BCUT2D eigenvalue weighted by molar-refractivity contribution is 0.297. The minimum absolute atomic E-state index is 0.0250. The van der Waals surface area contributed by atoms with Gasteiger partial charge < -0.3 is 9.47 Å². The first-order valence-corrected chi connectivity index (χ1v) is 10.4. The van der Waals surface area contributed by atoms with E-state index >= 15 is 0 Å². The Morgan fingerprint density at radius 2 is 1.73 bits per heavy atom. The van der Waals surface area contributed by atoms with E-state index in [2.05, 4.69) is 4.72 Å². The summed E-state index contributed by atoms with van der Waals surface area (Å²) < 4.78 is 39.8. The van der Waals surface area contributed by atoms with Gasteiger partial charge in [-0.2, -0.15) is 0 Å². The first kappa shape index (κ1) is 19.0. The fourth-order valence-electron chi connectivity index (χ4n) is 2.86. The highest BCUT2D eigenvalue weighted by atomic mass is 35.5. The van der Waals surface area contributed by atoms with Crippen molar-refractivity contribution in [2.45, 2.75) is 31.2 Å². The smallest absolute Gasteiger partial charge is 0.242 e. The molecule has 26 heavy (non-hydrogen) atoms. The number of ether oxygens (including phenoxy) is 2. The van der Waals surface area contributed by atoms with Crippen LogP contribution in [0.5, 0.6) is 11.5 Å². The topological polar surface area (TPSA) is 64.6 Å². The first-order chi connectivity index (χ1) is 12.4. The molecular weight excluding hydrogens is 374 g/mol. The summed E-state index contributed by atoms with van der Waals surface area (Å²) in [5.41, 5.74) is 0.819. The van der Waals surface area contributed by atoms with Gasteiger partial charge in [0.1, 0.15) is 4.90 Å². The minimum Gasteiger partial charge on any atom is -0.490 e. The number of rotatable bonds is 5. The van der Waals surface area contributed by atoms with Crippen molar-refractivity contribution < 1.29 is 17.9 Å². The van der Waals surface area contributed by atoms with Crippen molar-refractivity contribution in [3.05, 3.63) is 53.1 Å². The van der Waals surface area contributed by atoms with Gasteiger partial charge in [0.25, 0.3) is 0 Å². The molecule has 7 heteroatoms. The molecule has 1 heterocycles. The van der Waals surface area contributed by atoms with Gasteiger partial charge in [-0.05, 0) is 35.7 Å². The molecule has 0 fully saturated rings. The summed E-state index contributed by atoms with van der Waals surface area (Å²) in [6.45, 7) is 5.11. The Morgan fingerprint density at radius 3 is 2.42 bits per heavy atom. The van der Waals surface area contributed by atoms with Crippen molar-refractivity contribution >= 4 is 21.6 Å². The van der Waals surface area contributed by atoms with E-state index in [9.17, 15) is 8.42 Å². The SMILES string of the molecule is CC(C)[C@@H](NS(=O)(=O)c1ccccc1Cl)c1ccc2c(c1)OCCCO2. The lowest BCUT2D eigenvalue weighted by atomic mass is 9.97. The molecule has 0 aliphatic carbocycles. The van der Waals surface area contributed by atoms with Crippen molar-refractivity contribution in [1.29, 1.82) is 0 Å². The first-order valence-electron chi connectivity index (χ1n) is 8.55. The summed E-state index contributed by atoms with van der Waals surface area (Å²) in [4.78, 5) is 0.0710. The molecule has 1 aliphatic heterocycles. The zero-order valence-corrected chi connectivity index (χ0v) is 16.3. The van der Waals surface area contributed by atoms with Crippen LogP contribution in [0.2, 0.25) is 5.02 Å². The fraction of sp³-hybridized carbons (Fsp3) is 0.368. The van der Waals surface area contributed by atoms with Gasteiger partial charge in [-0.1, -0.05) is 43.6 Å². The van der Waals surface area contributed by atoms with E-state index in [0.29, 0.717) is 24.7 Å². The predicted molar refractivity (Wildman–Crippen MR) is 101 cm³/mol. The highest BCUT2D eigenvalue weighted by Crippen LogP contribution is 2.35. The molecule has 2 aromatic carbocycles. The van der Waals surface area contributed by atoms with Crippen molar-refractivity contribution in [3.8, 4) is 11.5 Å². The maximum absolute atomic E-state index is 12.8. The molecule has 2 aromatic rings. The number of fused-ring (bicyclic) bond motifs is 1. The molecule has 0 saturated heterocycles. The third-order valence-electron chi connectivity index (χ3n) is 4.21. The quantitative estimate of drug-likeness (QED) is 0.824. The fourth-order valence-corrected chi connectivity index (χ4v) is 4.75. The van der Waals surface area contributed by atoms with E-state index in [1.54, 1.807) is 18.2 Å². The second-order valence-electron chi connectivity index (χ2n) is 6.53. The molecule has 5 nitrogen and oxygen atoms in total. The summed E-state index contributed by atoms with van der Waals surface area (Å²) in [5, 5.41) is 0.196. The Kier molecular flexibility index (Phi) is 5.75. The second-order valence-corrected chi connectivity index (χ2v) is 8.62. The summed E-state index contributed by atoms with van der Waals surface area (Å²) in [6.07, 6.45) is 0.816. The number of nitrogens with one attached hydrogen (secondary N) is 1. The van der Waals surface area contributed by atoms with Crippen molar-refractivity contribution in [1.82, 2.24) is 4.72 Å². The molecule has 140 valence electrons. The number of halogens is 1. The van der Waals surface area contributed by atoms with Gasteiger partial charge in [0.2, 0.25) is 10.0 Å². The van der Waals surface area contributed by atoms with Gasteiger partial charge >= 0.3 is 0 Å². The Labute approximate surface area is 159 Å². The predicted octanol–water partition coefficient (Wildman–Crippen LogP) is 4.18. The van der Waals surface area contributed by atoms with E-state index in [4.69, 9.17) is 21.1 Å². The van der Waals surface area contributed by atoms with Crippen LogP contribution in [-0.4, -0.2) is 21.6 Å². The van der Waals surface area contributed by atoms with E-state index < -0.39 is 16.1 Å². The molecule has 0 amide bonds. The number of hydrogen-bond acceptors (Lipinski definition) is 4. The van der Waals surface area contributed by atoms with Gasteiger partial charge in [0.15, 0.2) is 11.5 Å². The molecule has 0 spiro atoms. The third-order valence-corrected chi connectivity index (χ3v) is 6.15. The molecular formula is C19H22ClNO4S. The Morgan fingerprint density at radius 1 is 1.04 bits per heavy atom. The average Bonchev–Trinajstić information content (AvgIpc) is 2.84. The highest BCUT2D eigenvalue weighted by Gasteiger charge is 2.26. The zero-order chi connectivity index (χ0) is 18.7. The molecule has 0 aromatic heterocycles. The summed E-state index contributed by atoms with van der Waals surface area (Å²) in [7, 11) is -3.77. The monoisotopic (exact) mass is 395 g/mol. The lowest BCUT2D eigenvalue weighted by Gasteiger charge is -2.24. The van der Waals surface area contributed by atoms with E-state index in [1.807, 2.05) is 32.0 Å². The summed E-state index contributed by atoms with van der Waals surface area (Å²) in [6, 6.07) is 11.5. The van der Waals surface area contributed by atoms with Gasteiger partial charge in [-0.3, -0.25) is 0 Å². The van der Waals surface area contributed by atoms with Crippen LogP contribution < -0.4 is 14.2 Å². The standard InChI is InChI=1S/C19H22ClNO4S/c1-13(2)19(21-26(22,23)18-7-4-3-6-15(18)20)14-8-9-16-17(12-14)25-11-5-10-24-16/h3-4,6-9,12-13,19,21H,5,10-11H2,1-2H3/t19-/m1/s1. The minimum atomic E-state index is -3.77. The molecule has 0 radical (unpaired) electrons. The van der Waals surface area contributed by atoms with Crippen LogP contribution in [0, 0.1) is 5.92 Å². The van der Waals surface area contributed by atoms with Crippen molar-refractivity contribution in [3.63, 3.8) is 0 Å². The molecule has 1 aliphatic rings. The molecule has 0 saturated carbocycles. The van der Waals surface area contributed by atoms with E-state index in [0.717, 1.165) is 12.0 Å². The maximum Gasteiger partial charge on any atom is 0.242 e. The van der Waals surface area contributed by atoms with Gasteiger partial charge in [-0.15, -0.1) is 0 Å². The van der Waals surface area contributed by atoms with Crippen molar-refractivity contribution in [2.24, 2.45) is 5.92 Å². The normalized spacial score (nSPS) is 15.5. The maximum atomic E-state index is 12.8. The largest absolute Gasteiger partial charge is 0.490 e. The third kappa shape index (κ3) is 4.14. The van der Waals surface area contributed by atoms with Crippen molar-refractivity contribution in [2.75, 3.05) is 13.2 Å². The van der Waals surface area contributed by atoms with Crippen LogP contribution >= 0.6 is 11.6 Å². The van der Waals surface area contributed by atoms with Gasteiger partial charge in [0, 0.05) is 12.5 Å². The van der Waals surface area contributed by atoms with Crippen LogP contribution in [0.1, 0.15) is 31.9 Å². The molecule has 0 unspecified atom stereocenters. The average molecular weight is 396 g/mol. The van der Waals surface area contributed by atoms with E-state index in [-0.39, 0.29) is 15.8 Å². The van der Waals surface area contributed by atoms with Crippen LogP contribution in [0.25, 0.3) is 0 Å². The molecule has 1 N–H and O–H groups in total. The Bertz CT molecular complexity index is 883.